The van der Waals surface area contributed by atoms with Gasteiger partial charge >= 0.3 is 0 Å². The summed E-state index contributed by atoms with van der Waals surface area (Å²) in [5.74, 6) is -1.74. The van der Waals surface area contributed by atoms with E-state index in [0.717, 1.165) is 18.3 Å². The fourth-order valence-electron chi connectivity index (χ4n) is 1.60. The third kappa shape index (κ3) is 2.53. The number of aromatic nitrogens is 1. The van der Waals surface area contributed by atoms with Crippen LogP contribution in [0.2, 0.25) is 0 Å². The van der Waals surface area contributed by atoms with Gasteiger partial charge in [0.15, 0.2) is 11.6 Å². The fraction of sp³-hybridized carbons (Fsp3) is 0. The number of hydrogen-bond acceptors (Lipinski definition) is 3. The minimum atomic E-state index is -0.870. The molecule has 1 aromatic carbocycles. The number of rotatable bonds is 3. The highest BCUT2D eigenvalue weighted by molar-refractivity contribution is 5.78. The van der Waals surface area contributed by atoms with E-state index < -0.39 is 11.6 Å². The average molecular weight is 263 g/mol. The van der Waals surface area contributed by atoms with Crippen molar-refractivity contribution in [3.8, 4) is 5.69 Å². The molecule has 0 saturated heterocycles. The number of nitrogens with zero attached hydrogens (tertiary/aromatic N) is 5. The largest absolute Gasteiger partial charge is 0.411 e. The van der Waals surface area contributed by atoms with Gasteiger partial charge in [-0.25, -0.2) is 8.78 Å². The Morgan fingerprint density at radius 3 is 2.58 bits per heavy atom. The van der Waals surface area contributed by atoms with Crippen LogP contribution in [0.5, 0.6) is 0 Å². The van der Waals surface area contributed by atoms with Gasteiger partial charge in [0.1, 0.15) is 5.69 Å². The van der Waals surface area contributed by atoms with Gasteiger partial charge in [0.05, 0.1) is 6.21 Å². The summed E-state index contributed by atoms with van der Waals surface area (Å²) < 4.78 is 28.8. The van der Waals surface area contributed by atoms with Crippen LogP contribution in [0.1, 0.15) is 5.56 Å². The molecule has 2 rings (SSSR count). The summed E-state index contributed by atoms with van der Waals surface area (Å²) in [5.41, 5.74) is 8.23. The van der Waals surface area contributed by atoms with Gasteiger partial charge in [-0.2, -0.15) is 0 Å². The summed E-state index contributed by atoms with van der Waals surface area (Å²) in [4.78, 5) is 2.46. The lowest BCUT2D eigenvalue weighted by Gasteiger charge is -2.06. The van der Waals surface area contributed by atoms with Crippen LogP contribution in [0.3, 0.4) is 0 Å². The van der Waals surface area contributed by atoms with Crippen molar-refractivity contribution in [3.63, 3.8) is 0 Å². The molecule has 0 saturated carbocycles. The van der Waals surface area contributed by atoms with Crippen LogP contribution in [0, 0.1) is 11.6 Å². The van der Waals surface area contributed by atoms with Crippen LogP contribution in [-0.4, -0.2) is 16.0 Å². The Morgan fingerprint density at radius 1 is 1.32 bits per heavy atom. The SMILES string of the molecule is [N-]=[N+]=Nc1cc(F)c(-n2ccc(/C=N\O)c2)c(F)c1. The Hall–Kier alpha value is -2.86. The zero-order valence-electron chi connectivity index (χ0n) is 9.40. The molecule has 2 aromatic rings. The normalized spacial score (nSPS) is 10.6. The molecule has 0 aliphatic carbocycles. The molecule has 0 aliphatic rings. The molecule has 1 aromatic heterocycles. The van der Waals surface area contributed by atoms with E-state index in [1.807, 2.05) is 0 Å². The lowest BCUT2D eigenvalue weighted by Crippen LogP contribution is -1.98. The van der Waals surface area contributed by atoms with Gasteiger partial charge in [0, 0.05) is 28.6 Å². The molecule has 0 radical (unpaired) electrons. The second-order valence-electron chi connectivity index (χ2n) is 3.54. The van der Waals surface area contributed by atoms with E-state index in [0.29, 0.717) is 5.56 Å². The Labute approximate surface area is 105 Å². The van der Waals surface area contributed by atoms with Crippen molar-refractivity contribution in [1.29, 1.82) is 0 Å². The van der Waals surface area contributed by atoms with Crippen molar-refractivity contribution in [2.24, 2.45) is 10.3 Å². The standard InChI is InChI=1S/C11H7F2N5O/c12-9-3-8(16-17-14)4-10(13)11(9)18-2-1-7(6-18)5-15-19/h1-6,19H/b15-5-. The van der Waals surface area contributed by atoms with Gasteiger partial charge in [-0.15, -0.1) is 0 Å². The van der Waals surface area contributed by atoms with Crippen molar-refractivity contribution in [2.45, 2.75) is 0 Å². The van der Waals surface area contributed by atoms with Crippen molar-refractivity contribution >= 4 is 11.9 Å². The first-order chi connectivity index (χ1) is 9.15. The first kappa shape index (κ1) is 12.6. The van der Waals surface area contributed by atoms with Crippen LogP contribution in [0.25, 0.3) is 16.1 Å². The molecule has 1 heterocycles. The zero-order chi connectivity index (χ0) is 13.8. The van der Waals surface area contributed by atoms with Gasteiger partial charge < -0.3 is 9.77 Å². The van der Waals surface area contributed by atoms with E-state index in [2.05, 4.69) is 15.2 Å². The second-order valence-corrected chi connectivity index (χ2v) is 3.54. The molecule has 0 fully saturated rings. The topological polar surface area (TPSA) is 86.3 Å². The Kier molecular flexibility index (Phi) is 3.44. The molecule has 0 amide bonds. The highest BCUT2D eigenvalue weighted by Gasteiger charge is 2.12. The van der Waals surface area contributed by atoms with Crippen molar-refractivity contribution in [1.82, 2.24) is 4.57 Å². The first-order valence-corrected chi connectivity index (χ1v) is 5.05. The molecule has 0 unspecified atom stereocenters. The van der Waals surface area contributed by atoms with Crippen LogP contribution >= 0.6 is 0 Å². The molecule has 0 spiro atoms. The minimum Gasteiger partial charge on any atom is -0.411 e. The number of halogens is 2. The molecular formula is C11H7F2N5O. The van der Waals surface area contributed by atoms with E-state index in [4.69, 9.17) is 10.7 Å². The van der Waals surface area contributed by atoms with E-state index in [-0.39, 0.29) is 11.4 Å². The minimum absolute atomic E-state index is 0.148. The van der Waals surface area contributed by atoms with Crippen molar-refractivity contribution in [2.75, 3.05) is 0 Å². The van der Waals surface area contributed by atoms with E-state index in [1.165, 1.54) is 23.0 Å². The van der Waals surface area contributed by atoms with E-state index in [1.54, 1.807) is 0 Å². The zero-order valence-corrected chi connectivity index (χ0v) is 9.40. The van der Waals surface area contributed by atoms with Crippen LogP contribution < -0.4 is 0 Å². The van der Waals surface area contributed by atoms with E-state index in [9.17, 15) is 8.78 Å². The monoisotopic (exact) mass is 263 g/mol. The van der Waals surface area contributed by atoms with Crippen LogP contribution in [0.4, 0.5) is 14.5 Å². The van der Waals surface area contributed by atoms with Gasteiger partial charge in [0.25, 0.3) is 0 Å². The maximum absolute atomic E-state index is 13.8. The number of oxime groups is 1. The molecule has 0 aliphatic heterocycles. The molecule has 1 N–H and O–H groups in total. The Balaban J connectivity index is 2.52. The predicted molar refractivity (Wildman–Crippen MR) is 63.9 cm³/mol. The molecule has 8 heteroatoms. The van der Waals surface area contributed by atoms with Crippen LogP contribution in [0.15, 0.2) is 40.9 Å². The molecule has 0 bridgehead atoms. The van der Waals surface area contributed by atoms with Crippen LogP contribution in [-0.2, 0) is 0 Å². The summed E-state index contributed by atoms with van der Waals surface area (Å²) >= 11 is 0. The summed E-state index contributed by atoms with van der Waals surface area (Å²) in [5, 5.41) is 14.3. The maximum Gasteiger partial charge on any atom is 0.150 e. The average Bonchev–Trinajstić information content (AvgIpc) is 2.77. The molecule has 96 valence electrons. The Bertz CT molecular complexity index is 665. The second kappa shape index (κ2) is 5.19. The predicted octanol–water partition coefficient (Wildman–Crippen LogP) is 3.51. The summed E-state index contributed by atoms with van der Waals surface area (Å²) in [6.45, 7) is 0. The lowest BCUT2D eigenvalue weighted by atomic mass is 10.2. The molecule has 19 heavy (non-hydrogen) atoms. The third-order valence-electron chi connectivity index (χ3n) is 2.34. The number of azide groups is 1. The third-order valence-corrected chi connectivity index (χ3v) is 2.34. The highest BCUT2D eigenvalue weighted by atomic mass is 19.1. The maximum atomic E-state index is 13.8. The molecule has 6 nitrogen and oxygen atoms in total. The van der Waals surface area contributed by atoms with Crippen molar-refractivity contribution in [3.05, 3.63) is 58.2 Å². The fourth-order valence-corrected chi connectivity index (χ4v) is 1.60. The Morgan fingerprint density at radius 2 is 2.00 bits per heavy atom. The van der Waals surface area contributed by atoms with Gasteiger partial charge in [-0.1, -0.05) is 10.3 Å². The van der Waals surface area contributed by atoms with Gasteiger partial charge in [-0.05, 0) is 23.7 Å². The molecular weight excluding hydrogens is 256 g/mol. The van der Waals surface area contributed by atoms with Crippen molar-refractivity contribution < 1.29 is 14.0 Å². The number of hydrogen-bond donors (Lipinski definition) is 1. The smallest absolute Gasteiger partial charge is 0.150 e. The van der Waals surface area contributed by atoms with Gasteiger partial charge in [0.2, 0.25) is 0 Å². The quantitative estimate of drug-likeness (QED) is 0.225. The first-order valence-electron chi connectivity index (χ1n) is 5.05. The molecule has 0 atom stereocenters. The lowest BCUT2D eigenvalue weighted by molar-refractivity contribution is 0.322. The highest BCUT2D eigenvalue weighted by Crippen LogP contribution is 2.24. The summed E-state index contributed by atoms with van der Waals surface area (Å²) in [6, 6.07) is 3.37. The van der Waals surface area contributed by atoms with E-state index >= 15 is 0 Å². The summed E-state index contributed by atoms with van der Waals surface area (Å²) in [7, 11) is 0. The van der Waals surface area contributed by atoms with Gasteiger partial charge in [-0.3, -0.25) is 0 Å². The number of benzene rings is 1. The summed E-state index contributed by atoms with van der Waals surface area (Å²) in [6.07, 6.45) is 3.92.